The number of amides is 1. The average molecular weight is 372 g/mol. The summed E-state index contributed by atoms with van der Waals surface area (Å²) in [5.74, 6) is -0.0373. The van der Waals surface area contributed by atoms with Gasteiger partial charge in [0.2, 0.25) is 5.91 Å². The number of rotatable bonds is 5. The predicted octanol–water partition coefficient (Wildman–Crippen LogP) is 2.76. The van der Waals surface area contributed by atoms with Crippen LogP contribution in [-0.4, -0.2) is 65.9 Å². The van der Waals surface area contributed by atoms with E-state index in [4.69, 9.17) is 0 Å². The van der Waals surface area contributed by atoms with Gasteiger partial charge >= 0.3 is 0 Å². The molecule has 2 fully saturated rings. The van der Waals surface area contributed by atoms with Crippen molar-refractivity contribution in [1.29, 1.82) is 0 Å². The largest absolute Gasteiger partial charge is 0.366 e. The van der Waals surface area contributed by atoms with Crippen LogP contribution in [0.25, 0.3) is 6.08 Å². The molecule has 2 saturated heterocycles. The first-order chi connectivity index (χ1) is 13.0. The molecule has 7 heteroatoms. The predicted molar refractivity (Wildman–Crippen MR) is 107 cm³/mol. The van der Waals surface area contributed by atoms with Crippen molar-refractivity contribution in [2.45, 2.75) is 32.7 Å². The fourth-order valence-electron chi connectivity index (χ4n) is 3.75. The lowest BCUT2D eigenvalue weighted by Crippen LogP contribution is -2.50. The first kappa shape index (κ1) is 19.4. The number of nitro groups is 1. The third-order valence-electron chi connectivity index (χ3n) is 5.42. The van der Waals surface area contributed by atoms with Gasteiger partial charge in [0.1, 0.15) is 5.69 Å². The summed E-state index contributed by atoms with van der Waals surface area (Å²) in [6.45, 7) is 9.24. The Kier molecular flexibility index (Phi) is 6.11. The summed E-state index contributed by atoms with van der Waals surface area (Å²) < 4.78 is 0. The van der Waals surface area contributed by atoms with Gasteiger partial charge in [0.25, 0.3) is 5.69 Å². The van der Waals surface area contributed by atoms with Gasteiger partial charge in [-0.3, -0.25) is 19.8 Å². The molecule has 1 aromatic carbocycles. The Morgan fingerprint density at radius 2 is 1.78 bits per heavy atom. The molecule has 146 valence electrons. The Bertz CT molecular complexity index is 718. The second kappa shape index (κ2) is 8.52. The van der Waals surface area contributed by atoms with E-state index in [0.29, 0.717) is 17.3 Å². The van der Waals surface area contributed by atoms with E-state index in [1.165, 1.54) is 6.08 Å². The Morgan fingerprint density at radius 1 is 1.11 bits per heavy atom. The number of hydrogen-bond donors (Lipinski definition) is 0. The van der Waals surface area contributed by atoms with Crippen molar-refractivity contribution in [3.05, 3.63) is 40.0 Å². The molecule has 2 aliphatic rings. The standard InChI is InChI=1S/C20H28N4O3/c1-16(2)21-11-13-23(14-12-21)20(25)8-6-17-5-7-18(19(15-17)24(26)27)22-9-3-4-10-22/h5-8,15-16H,3-4,9-14H2,1-2H3. The maximum atomic E-state index is 12.4. The molecule has 1 amide bonds. The summed E-state index contributed by atoms with van der Waals surface area (Å²) in [4.78, 5) is 29.8. The zero-order valence-corrected chi connectivity index (χ0v) is 16.1. The van der Waals surface area contributed by atoms with Gasteiger partial charge < -0.3 is 9.80 Å². The first-order valence-corrected chi connectivity index (χ1v) is 9.70. The van der Waals surface area contributed by atoms with Gasteiger partial charge in [-0.1, -0.05) is 6.07 Å². The highest BCUT2D eigenvalue weighted by atomic mass is 16.6. The van der Waals surface area contributed by atoms with Crippen LogP contribution in [0.4, 0.5) is 11.4 Å². The van der Waals surface area contributed by atoms with Crippen molar-refractivity contribution in [2.75, 3.05) is 44.2 Å². The summed E-state index contributed by atoms with van der Waals surface area (Å²) in [5.41, 5.74) is 1.46. The van der Waals surface area contributed by atoms with Gasteiger partial charge in [0.15, 0.2) is 0 Å². The minimum atomic E-state index is -0.335. The van der Waals surface area contributed by atoms with Gasteiger partial charge in [-0.05, 0) is 44.4 Å². The van der Waals surface area contributed by atoms with Crippen molar-refractivity contribution in [2.24, 2.45) is 0 Å². The number of nitrogens with zero attached hydrogens (tertiary/aromatic N) is 4. The van der Waals surface area contributed by atoms with Crippen LogP contribution in [0.2, 0.25) is 0 Å². The Morgan fingerprint density at radius 3 is 2.37 bits per heavy atom. The van der Waals surface area contributed by atoms with Gasteiger partial charge in [-0.25, -0.2) is 0 Å². The van der Waals surface area contributed by atoms with Crippen molar-refractivity contribution in [3.63, 3.8) is 0 Å². The van der Waals surface area contributed by atoms with Crippen molar-refractivity contribution in [1.82, 2.24) is 9.80 Å². The molecule has 1 aromatic rings. The number of carbonyl (C=O) groups excluding carboxylic acids is 1. The van der Waals surface area contributed by atoms with E-state index < -0.39 is 0 Å². The van der Waals surface area contributed by atoms with Crippen LogP contribution in [0.5, 0.6) is 0 Å². The van der Waals surface area contributed by atoms with Gasteiger partial charge in [-0.15, -0.1) is 0 Å². The molecule has 0 saturated carbocycles. The molecule has 0 bridgehead atoms. The topological polar surface area (TPSA) is 69.9 Å². The Labute approximate surface area is 160 Å². The summed E-state index contributed by atoms with van der Waals surface area (Å²) in [7, 11) is 0. The van der Waals surface area contributed by atoms with E-state index >= 15 is 0 Å². The molecular weight excluding hydrogens is 344 g/mol. The number of hydrogen-bond acceptors (Lipinski definition) is 5. The molecule has 0 unspecified atom stereocenters. The Hall–Kier alpha value is -2.41. The lowest BCUT2D eigenvalue weighted by atomic mass is 10.1. The number of nitro benzene ring substituents is 1. The van der Waals surface area contributed by atoms with Gasteiger partial charge in [0, 0.05) is 57.5 Å². The normalized spacial score (nSPS) is 18.6. The minimum Gasteiger partial charge on any atom is -0.366 e. The highest BCUT2D eigenvalue weighted by Gasteiger charge is 2.23. The molecule has 2 aliphatic heterocycles. The van der Waals surface area contributed by atoms with E-state index in [2.05, 4.69) is 23.6 Å². The molecular formula is C20H28N4O3. The zero-order valence-electron chi connectivity index (χ0n) is 16.1. The fourth-order valence-corrected chi connectivity index (χ4v) is 3.75. The SMILES string of the molecule is CC(C)N1CCN(C(=O)C=Cc2ccc(N3CCCC3)c([N+](=O)[O-])c2)CC1. The molecule has 0 radical (unpaired) electrons. The summed E-state index contributed by atoms with van der Waals surface area (Å²) in [5, 5.41) is 11.5. The molecule has 3 rings (SSSR count). The number of carbonyl (C=O) groups is 1. The molecule has 27 heavy (non-hydrogen) atoms. The third kappa shape index (κ3) is 4.66. The van der Waals surface area contributed by atoms with Crippen LogP contribution in [0.3, 0.4) is 0 Å². The highest BCUT2D eigenvalue weighted by Crippen LogP contribution is 2.32. The first-order valence-electron chi connectivity index (χ1n) is 9.70. The van der Waals surface area contributed by atoms with Crippen molar-refractivity contribution in [3.8, 4) is 0 Å². The van der Waals surface area contributed by atoms with Crippen molar-refractivity contribution < 1.29 is 9.72 Å². The lowest BCUT2D eigenvalue weighted by molar-refractivity contribution is -0.384. The van der Waals surface area contributed by atoms with Gasteiger partial charge in [0.05, 0.1) is 4.92 Å². The van der Waals surface area contributed by atoms with Crippen LogP contribution in [0, 0.1) is 10.1 Å². The summed E-state index contributed by atoms with van der Waals surface area (Å²) >= 11 is 0. The number of anilines is 1. The molecule has 0 aliphatic carbocycles. The van der Waals surface area contributed by atoms with Crippen LogP contribution in [0.15, 0.2) is 24.3 Å². The molecule has 7 nitrogen and oxygen atoms in total. The van der Waals surface area contributed by atoms with Crippen LogP contribution >= 0.6 is 0 Å². The Balaban J connectivity index is 1.67. The molecule has 0 aromatic heterocycles. The second-order valence-corrected chi connectivity index (χ2v) is 7.49. The van der Waals surface area contributed by atoms with Crippen LogP contribution in [0.1, 0.15) is 32.3 Å². The number of piperazine rings is 1. The van der Waals surface area contributed by atoms with Crippen LogP contribution < -0.4 is 4.90 Å². The summed E-state index contributed by atoms with van der Waals surface area (Å²) in [6.07, 6.45) is 5.34. The minimum absolute atomic E-state index is 0.0373. The third-order valence-corrected chi connectivity index (χ3v) is 5.42. The molecule has 2 heterocycles. The molecule has 0 spiro atoms. The summed E-state index contributed by atoms with van der Waals surface area (Å²) in [6, 6.07) is 5.71. The van der Waals surface area contributed by atoms with E-state index in [-0.39, 0.29) is 16.5 Å². The van der Waals surface area contributed by atoms with E-state index in [0.717, 1.165) is 52.1 Å². The molecule has 0 atom stereocenters. The second-order valence-electron chi connectivity index (χ2n) is 7.49. The van der Waals surface area contributed by atoms with Crippen molar-refractivity contribution >= 4 is 23.4 Å². The van der Waals surface area contributed by atoms with E-state index in [1.54, 1.807) is 18.2 Å². The zero-order chi connectivity index (χ0) is 19.4. The van der Waals surface area contributed by atoms with Gasteiger partial charge in [-0.2, -0.15) is 0 Å². The average Bonchev–Trinajstić information content (AvgIpc) is 3.20. The maximum Gasteiger partial charge on any atom is 0.293 e. The maximum absolute atomic E-state index is 12.4. The van der Waals surface area contributed by atoms with E-state index in [9.17, 15) is 14.9 Å². The van der Waals surface area contributed by atoms with Crippen LogP contribution in [-0.2, 0) is 4.79 Å². The van der Waals surface area contributed by atoms with E-state index in [1.807, 2.05) is 11.0 Å². The monoisotopic (exact) mass is 372 g/mol. The number of benzene rings is 1. The fraction of sp³-hybridized carbons (Fsp3) is 0.550. The lowest BCUT2D eigenvalue weighted by Gasteiger charge is -2.36. The molecule has 0 N–H and O–H groups in total. The smallest absolute Gasteiger partial charge is 0.293 e. The quantitative estimate of drug-likeness (QED) is 0.452. The highest BCUT2D eigenvalue weighted by molar-refractivity contribution is 5.92.